The molecule has 0 heterocycles. The van der Waals surface area contributed by atoms with Crippen LogP contribution >= 0.6 is 7.82 Å². The first-order valence-corrected chi connectivity index (χ1v) is 19.6. The average Bonchev–Trinajstić information content (AvgIpc) is 3.07. The third-order valence-electron chi connectivity index (χ3n) is 7.22. The van der Waals surface area contributed by atoms with Crippen molar-refractivity contribution in [3.63, 3.8) is 0 Å². The van der Waals surface area contributed by atoms with Gasteiger partial charge in [0.25, 0.3) is 0 Å². The Labute approximate surface area is 290 Å². The van der Waals surface area contributed by atoms with Crippen LogP contribution in [0.1, 0.15) is 136 Å². The Bertz CT molecular complexity index is 946. The van der Waals surface area contributed by atoms with Crippen molar-refractivity contribution in [2.75, 3.05) is 26.4 Å². The van der Waals surface area contributed by atoms with Gasteiger partial charge in [-0.25, -0.2) is 4.57 Å². The van der Waals surface area contributed by atoms with Crippen molar-refractivity contribution < 1.29 is 47.8 Å². The first kappa shape index (κ1) is 45.9. The van der Waals surface area contributed by atoms with E-state index in [1.165, 1.54) is 32.1 Å². The molecule has 0 aliphatic rings. The van der Waals surface area contributed by atoms with Crippen LogP contribution in [0.5, 0.6) is 0 Å². The van der Waals surface area contributed by atoms with Crippen LogP contribution in [0.15, 0.2) is 48.6 Å². The second-order valence-corrected chi connectivity index (χ2v) is 13.4. The average molecular weight is 701 g/mol. The van der Waals surface area contributed by atoms with Crippen LogP contribution in [0.25, 0.3) is 0 Å². The molecule has 3 atom stereocenters. The maximum atomic E-state index is 12.4. The molecule has 3 N–H and O–H groups in total. The Balaban J connectivity index is 4.40. The number of phosphoric acid groups is 1. The molecule has 0 aliphatic carbocycles. The van der Waals surface area contributed by atoms with Gasteiger partial charge in [0.15, 0.2) is 6.10 Å². The summed E-state index contributed by atoms with van der Waals surface area (Å²) < 4.78 is 32.4. The summed E-state index contributed by atoms with van der Waals surface area (Å²) >= 11 is 0. The third kappa shape index (κ3) is 32.5. The van der Waals surface area contributed by atoms with Crippen LogP contribution in [0.2, 0.25) is 0 Å². The van der Waals surface area contributed by atoms with Gasteiger partial charge in [-0.15, -0.1) is 0 Å². The molecular formula is C37H65O10P. The van der Waals surface area contributed by atoms with E-state index in [1.54, 1.807) is 0 Å². The second-order valence-electron chi connectivity index (χ2n) is 11.9. The molecule has 0 aromatic heterocycles. The molecule has 0 radical (unpaired) electrons. The molecule has 0 bridgehead atoms. The predicted molar refractivity (Wildman–Crippen MR) is 191 cm³/mol. The maximum absolute atomic E-state index is 12.4. The van der Waals surface area contributed by atoms with Crippen molar-refractivity contribution in [2.45, 2.75) is 148 Å². The number of unbranched alkanes of at least 4 members (excludes halogenated alkanes) is 11. The number of phosphoric ester groups is 1. The summed E-state index contributed by atoms with van der Waals surface area (Å²) in [6.07, 6.45) is 32.4. The van der Waals surface area contributed by atoms with Crippen LogP contribution in [-0.4, -0.2) is 65.7 Å². The molecule has 0 aliphatic heterocycles. The van der Waals surface area contributed by atoms with E-state index in [9.17, 15) is 24.2 Å². The molecule has 11 heteroatoms. The Morgan fingerprint density at radius 2 is 1.12 bits per heavy atom. The fraction of sp³-hybridized carbons (Fsp3) is 0.730. The molecule has 0 fully saturated rings. The highest BCUT2D eigenvalue weighted by molar-refractivity contribution is 7.47. The number of aliphatic hydroxyl groups is 2. The smallest absolute Gasteiger partial charge is 0.462 e. The van der Waals surface area contributed by atoms with Gasteiger partial charge in [-0.3, -0.25) is 18.6 Å². The number of rotatable bonds is 33. The lowest BCUT2D eigenvalue weighted by Crippen LogP contribution is -2.29. The predicted octanol–water partition coefficient (Wildman–Crippen LogP) is 8.60. The van der Waals surface area contributed by atoms with Gasteiger partial charge in [-0.2, -0.15) is 0 Å². The van der Waals surface area contributed by atoms with Crippen molar-refractivity contribution in [1.82, 2.24) is 0 Å². The van der Waals surface area contributed by atoms with Crippen LogP contribution in [-0.2, 0) is 32.7 Å². The standard InChI is InChI=1S/C37H65O10P/c1-3-5-7-9-11-13-14-15-16-17-18-19-20-21-23-24-26-28-36(40)44-32-35(33-46-48(42,43)45-31-34(39)30-38)47-37(41)29-27-25-22-12-10-8-6-4-2/h7,9,13-14,16-17,19-20,34-35,38-39H,3-6,8,10-12,15,18,21-33H2,1-2H3,(H,42,43)/b9-7+,14-13+,17-16+,20-19+/t34-,35+/m1/s1. The summed E-state index contributed by atoms with van der Waals surface area (Å²) in [5.74, 6) is -0.971. The quantitative estimate of drug-likeness (QED) is 0.0263. The number of aliphatic hydroxyl groups excluding tert-OH is 2. The summed E-state index contributed by atoms with van der Waals surface area (Å²) in [4.78, 5) is 34.6. The van der Waals surface area contributed by atoms with Crippen molar-refractivity contribution in [3.05, 3.63) is 48.6 Å². The topological polar surface area (TPSA) is 149 Å². The van der Waals surface area contributed by atoms with Crippen molar-refractivity contribution in [2.24, 2.45) is 0 Å². The monoisotopic (exact) mass is 700 g/mol. The van der Waals surface area contributed by atoms with E-state index in [0.29, 0.717) is 12.8 Å². The van der Waals surface area contributed by atoms with Gasteiger partial charge in [-0.1, -0.05) is 120 Å². The molecule has 278 valence electrons. The zero-order valence-corrected chi connectivity index (χ0v) is 30.6. The zero-order chi connectivity index (χ0) is 35.6. The molecule has 0 aromatic carbocycles. The fourth-order valence-electron chi connectivity index (χ4n) is 4.39. The Morgan fingerprint density at radius 3 is 1.71 bits per heavy atom. The van der Waals surface area contributed by atoms with Crippen LogP contribution < -0.4 is 0 Å². The summed E-state index contributed by atoms with van der Waals surface area (Å²) in [5.41, 5.74) is 0. The minimum atomic E-state index is -4.61. The van der Waals surface area contributed by atoms with Gasteiger partial charge >= 0.3 is 19.8 Å². The van der Waals surface area contributed by atoms with Crippen molar-refractivity contribution in [1.29, 1.82) is 0 Å². The van der Waals surface area contributed by atoms with E-state index >= 15 is 0 Å². The molecule has 0 saturated heterocycles. The largest absolute Gasteiger partial charge is 0.472 e. The van der Waals surface area contributed by atoms with E-state index in [1.807, 2.05) is 0 Å². The lowest BCUT2D eigenvalue weighted by molar-refractivity contribution is -0.161. The fourth-order valence-corrected chi connectivity index (χ4v) is 5.18. The van der Waals surface area contributed by atoms with Gasteiger partial charge in [0, 0.05) is 12.8 Å². The molecule has 1 unspecified atom stereocenters. The first-order valence-electron chi connectivity index (χ1n) is 18.1. The molecule has 0 amide bonds. The van der Waals surface area contributed by atoms with E-state index < -0.39 is 51.8 Å². The minimum Gasteiger partial charge on any atom is -0.462 e. The van der Waals surface area contributed by atoms with Gasteiger partial charge in [-0.05, 0) is 51.4 Å². The molecule has 0 saturated carbocycles. The van der Waals surface area contributed by atoms with E-state index in [-0.39, 0.29) is 19.4 Å². The molecule has 48 heavy (non-hydrogen) atoms. The molecule has 0 spiro atoms. The summed E-state index contributed by atoms with van der Waals surface area (Å²) in [6, 6.07) is 0. The number of allylic oxidation sites excluding steroid dienone is 8. The first-order chi connectivity index (χ1) is 23.2. The van der Waals surface area contributed by atoms with Crippen LogP contribution in [0, 0.1) is 0 Å². The van der Waals surface area contributed by atoms with Crippen LogP contribution in [0.4, 0.5) is 0 Å². The van der Waals surface area contributed by atoms with E-state index in [4.69, 9.17) is 19.1 Å². The zero-order valence-electron chi connectivity index (χ0n) is 29.7. The Morgan fingerprint density at radius 1 is 0.625 bits per heavy atom. The number of hydrogen-bond acceptors (Lipinski definition) is 9. The molecule has 0 rings (SSSR count). The Hall–Kier alpha value is -2.07. The SMILES string of the molecule is CCC/C=C/C/C=C/C/C=C/C/C=C/CCCCCC(=O)OC[C@@H](COP(=O)(O)OC[C@H](O)CO)OC(=O)CCCCCCCCCC. The summed E-state index contributed by atoms with van der Waals surface area (Å²) in [6.45, 7) is 2.20. The maximum Gasteiger partial charge on any atom is 0.472 e. The number of carbonyl (C=O) groups excluding carboxylic acids is 2. The molecule has 0 aromatic rings. The normalized spacial score (nSPS) is 14.7. The van der Waals surface area contributed by atoms with Crippen molar-refractivity contribution in [3.8, 4) is 0 Å². The third-order valence-corrected chi connectivity index (χ3v) is 8.17. The highest BCUT2D eigenvalue weighted by Crippen LogP contribution is 2.43. The number of ether oxygens (including phenoxy) is 2. The highest BCUT2D eigenvalue weighted by atomic mass is 31.2. The number of carbonyl (C=O) groups is 2. The Kier molecular flexibility index (Phi) is 32.0. The summed E-state index contributed by atoms with van der Waals surface area (Å²) in [5, 5.41) is 18.2. The molecule has 10 nitrogen and oxygen atoms in total. The number of hydrogen-bond donors (Lipinski definition) is 3. The van der Waals surface area contributed by atoms with E-state index in [0.717, 1.165) is 64.2 Å². The van der Waals surface area contributed by atoms with Gasteiger partial charge in [0.05, 0.1) is 19.8 Å². The molecular weight excluding hydrogens is 635 g/mol. The van der Waals surface area contributed by atoms with Crippen molar-refractivity contribution >= 4 is 19.8 Å². The van der Waals surface area contributed by atoms with Gasteiger partial charge < -0.3 is 24.6 Å². The lowest BCUT2D eigenvalue weighted by atomic mass is 10.1. The van der Waals surface area contributed by atoms with Gasteiger partial charge in [0.2, 0.25) is 0 Å². The lowest BCUT2D eigenvalue weighted by Gasteiger charge is -2.20. The minimum absolute atomic E-state index is 0.175. The van der Waals surface area contributed by atoms with Crippen LogP contribution in [0.3, 0.4) is 0 Å². The second kappa shape index (κ2) is 33.4. The van der Waals surface area contributed by atoms with Gasteiger partial charge in [0.1, 0.15) is 12.7 Å². The van der Waals surface area contributed by atoms with E-state index in [2.05, 4.69) is 67.0 Å². The number of esters is 2. The highest BCUT2D eigenvalue weighted by Gasteiger charge is 2.27. The summed E-state index contributed by atoms with van der Waals surface area (Å²) in [7, 11) is -4.61.